The summed E-state index contributed by atoms with van der Waals surface area (Å²) in [5, 5.41) is 13.5. The number of carbonyl (C=O) groups is 1. The van der Waals surface area contributed by atoms with Crippen LogP contribution in [0.15, 0.2) is 11.4 Å². The number of urea groups is 1. The molecule has 0 aliphatic rings. The van der Waals surface area contributed by atoms with Crippen LogP contribution in [0.3, 0.4) is 0 Å². The van der Waals surface area contributed by atoms with Gasteiger partial charge in [0.05, 0.1) is 4.88 Å². The molecule has 1 heterocycles. The fraction of sp³-hybridized carbons (Fsp3) is 0.500. The van der Waals surface area contributed by atoms with Crippen LogP contribution in [-0.2, 0) is 6.54 Å². The fourth-order valence-corrected chi connectivity index (χ4v) is 2.27. The van der Waals surface area contributed by atoms with Gasteiger partial charge in [0.1, 0.15) is 6.61 Å². The SMILES string of the molecule is CCCCNC(=O)N(C)Cc1csc(C#CCO)c1. The van der Waals surface area contributed by atoms with E-state index in [9.17, 15) is 4.79 Å². The minimum atomic E-state index is -0.132. The van der Waals surface area contributed by atoms with Crippen molar-refractivity contribution in [3.63, 3.8) is 0 Å². The van der Waals surface area contributed by atoms with Gasteiger partial charge in [-0.15, -0.1) is 11.3 Å². The molecular weight excluding hydrogens is 260 g/mol. The standard InChI is InChI=1S/C14H20N2O2S/c1-3-4-7-15-14(18)16(2)10-12-9-13(19-11-12)6-5-8-17/h9,11,17H,3-4,7-8,10H2,1-2H3,(H,15,18). The molecule has 0 aliphatic heterocycles. The van der Waals surface area contributed by atoms with E-state index >= 15 is 0 Å². The molecule has 2 N–H and O–H groups in total. The zero-order valence-corrected chi connectivity index (χ0v) is 12.2. The first-order chi connectivity index (χ1) is 9.17. The molecule has 4 nitrogen and oxygen atoms in total. The third-order valence-electron chi connectivity index (χ3n) is 2.52. The average Bonchev–Trinajstić information content (AvgIpc) is 2.84. The molecule has 1 rings (SSSR count). The molecule has 1 aromatic rings. The van der Waals surface area contributed by atoms with E-state index in [0.717, 1.165) is 29.8 Å². The lowest BCUT2D eigenvalue weighted by Gasteiger charge is -2.17. The lowest BCUT2D eigenvalue weighted by Crippen LogP contribution is -2.37. The topological polar surface area (TPSA) is 52.6 Å². The molecule has 1 aromatic heterocycles. The second-order valence-electron chi connectivity index (χ2n) is 4.22. The van der Waals surface area contributed by atoms with Crippen molar-refractivity contribution in [2.75, 3.05) is 20.2 Å². The van der Waals surface area contributed by atoms with Crippen molar-refractivity contribution in [3.05, 3.63) is 21.9 Å². The van der Waals surface area contributed by atoms with Gasteiger partial charge in [0, 0.05) is 20.1 Å². The molecule has 0 aliphatic carbocycles. The van der Waals surface area contributed by atoms with Crippen LogP contribution in [0.25, 0.3) is 0 Å². The summed E-state index contributed by atoms with van der Waals surface area (Å²) in [6, 6.07) is 1.89. The van der Waals surface area contributed by atoms with E-state index in [2.05, 4.69) is 24.1 Å². The van der Waals surface area contributed by atoms with Gasteiger partial charge in [0.25, 0.3) is 0 Å². The summed E-state index contributed by atoms with van der Waals surface area (Å²) in [5.41, 5.74) is 1.06. The number of rotatable bonds is 5. The summed E-state index contributed by atoms with van der Waals surface area (Å²) in [6.45, 7) is 3.24. The Labute approximate surface area is 118 Å². The number of aliphatic hydroxyl groups excluding tert-OH is 1. The smallest absolute Gasteiger partial charge is 0.317 e. The number of aliphatic hydroxyl groups is 1. The van der Waals surface area contributed by atoms with Crippen LogP contribution in [0.5, 0.6) is 0 Å². The van der Waals surface area contributed by atoms with Crippen molar-refractivity contribution in [2.24, 2.45) is 0 Å². The van der Waals surface area contributed by atoms with Crippen molar-refractivity contribution in [1.82, 2.24) is 10.2 Å². The molecule has 0 atom stereocenters. The van der Waals surface area contributed by atoms with Crippen LogP contribution in [0.2, 0.25) is 0 Å². The number of nitrogens with one attached hydrogen (secondary N) is 1. The quantitative estimate of drug-likeness (QED) is 0.640. The van der Waals surface area contributed by atoms with Crippen molar-refractivity contribution < 1.29 is 9.90 Å². The van der Waals surface area contributed by atoms with Gasteiger partial charge in [0.15, 0.2) is 0 Å². The highest BCUT2D eigenvalue weighted by Gasteiger charge is 2.09. The normalized spacial score (nSPS) is 9.63. The number of nitrogens with zero attached hydrogens (tertiary/aromatic N) is 1. The predicted molar refractivity (Wildman–Crippen MR) is 78.1 cm³/mol. The lowest BCUT2D eigenvalue weighted by atomic mass is 10.3. The van der Waals surface area contributed by atoms with Gasteiger partial charge < -0.3 is 15.3 Å². The number of thiophene rings is 1. The highest BCUT2D eigenvalue weighted by atomic mass is 32.1. The second-order valence-corrected chi connectivity index (χ2v) is 5.13. The van der Waals surface area contributed by atoms with Gasteiger partial charge in [-0.3, -0.25) is 0 Å². The first-order valence-corrected chi connectivity index (χ1v) is 7.21. The third kappa shape index (κ3) is 5.77. The molecule has 5 heteroatoms. The maximum atomic E-state index is 11.8. The van der Waals surface area contributed by atoms with E-state index < -0.39 is 0 Å². The predicted octanol–water partition coefficient (Wildman–Crippen LogP) is 2.03. The van der Waals surface area contributed by atoms with Crippen LogP contribution in [0, 0.1) is 11.8 Å². The summed E-state index contributed by atoms with van der Waals surface area (Å²) in [7, 11) is 1.78. The minimum absolute atomic E-state index is 0.0531. The molecule has 0 saturated heterocycles. The van der Waals surface area contributed by atoms with Gasteiger partial charge in [0.2, 0.25) is 0 Å². The second kappa shape index (κ2) is 8.57. The van der Waals surface area contributed by atoms with Crippen LogP contribution in [0.4, 0.5) is 4.79 Å². The Morgan fingerprint density at radius 2 is 2.37 bits per heavy atom. The van der Waals surface area contributed by atoms with E-state index in [0.29, 0.717) is 6.54 Å². The zero-order chi connectivity index (χ0) is 14.1. The van der Waals surface area contributed by atoms with Gasteiger partial charge >= 0.3 is 6.03 Å². The van der Waals surface area contributed by atoms with E-state index in [1.165, 1.54) is 11.3 Å². The van der Waals surface area contributed by atoms with E-state index in [4.69, 9.17) is 5.11 Å². The molecule has 0 spiro atoms. The summed E-state index contributed by atoms with van der Waals surface area (Å²) >= 11 is 1.52. The van der Waals surface area contributed by atoms with Crippen molar-refractivity contribution in [1.29, 1.82) is 0 Å². The van der Waals surface area contributed by atoms with Crippen molar-refractivity contribution in [2.45, 2.75) is 26.3 Å². The highest BCUT2D eigenvalue weighted by Crippen LogP contribution is 2.15. The Balaban J connectivity index is 2.45. The molecule has 0 radical (unpaired) electrons. The van der Waals surface area contributed by atoms with Crippen LogP contribution >= 0.6 is 11.3 Å². The Kier molecular flexibility index (Phi) is 7.01. The van der Waals surface area contributed by atoms with Crippen molar-refractivity contribution >= 4 is 17.4 Å². The van der Waals surface area contributed by atoms with Gasteiger partial charge in [-0.05, 0) is 23.4 Å². The lowest BCUT2D eigenvalue weighted by molar-refractivity contribution is 0.207. The fourth-order valence-electron chi connectivity index (χ4n) is 1.50. The molecule has 0 bridgehead atoms. The van der Waals surface area contributed by atoms with Gasteiger partial charge in [-0.2, -0.15) is 0 Å². The third-order valence-corrected chi connectivity index (χ3v) is 3.41. The first kappa shape index (κ1) is 15.5. The molecule has 0 saturated carbocycles. The van der Waals surface area contributed by atoms with Crippen molar-refractivity contribution in [3.8, 4) is 11.8 Å². The molecule has 0 aromatic carbocycles. The maximum Gasteiger partial charge on any atom is 0.317 e. The first-order valence-electron chi connectivity index (χ1n) is 6.33. The molecule has 104 valence electrons. The van der Waals surface area contributed by atoms with Gasteiger partial charge in [-0.1, -0.05) is 25.2 Å². The summed E-state index contributed by atoms with van der Waals surface area (Å²) in [6.07, 6.45) is 2.07. The zero-order valence-electron chi connectivity index (χ0n) is 11.4. The highest BCUT2D eigenvalue weighted by molar-refractivity contribution is 7.10. The molecule has 19 heavy (non-hydrogen) atoms. The molecule has 0 fully saturated rings. The Hall–Kier alpha value is -1.51. The summed E-state index contributed by atoms with van der Waals surface area (Å²) < 4.78 is 0. The Morgan fingerprint density at radius 3 is 3.05 bits per heavy atom. The number of carbonyl (C=O) groups excluding carboxylic acids is 1. The molecule has 2 amide bonds. The average molecular weight is 280 g/mol. The number of unbranched alkanes of at least 4 members (excludes halogenated alkanes) is 1. The van der Waals surface area contributed by atoms with E-state index in [1.807, 2.05) is 11.4 Å². The Bertz CT molecular complexity index is 460. The molecular formula is C14H20N2O2S. The number of amides is 2. The summed E-state index contributed by atoms with van der Waals surface area (Å²) in [4.78, 5) is 14.3. The Morgan fingerprint density at radius 1 is 1.58 bits per heavy atom. The summed E-state index contributed by atoms with van der Waals surface area (Å²) in [5.74, 6) is 5.47. The number of hydrogen-bond donors (Lipinski definition) is 2. The largest absolute Gasteiger partial charge is 0.384 e. The maximum absolute atomic E-state index is 11.8. The van der Waals surface area contributed by atoms with Crippen LogP contribution in [-0.4, -0.2) is 36.2 Å². The van der Waals surface area contributed by atoms with E-state index in [-0.39, 0.29) is 12.6 Å². The molecule has 0 unspecified atom stereocenters. The van der Waals surface area contributed by atoms with Gasteiger partial charge in [-0.25, -0.2) is 4.79 Å². The van der Waals surface area contributed by atoms with Crippen LogP contribution in [0.1, 0.15) is 30.2 Å². The van der Waals surface area contributed by atoms with E-state index in [1.54, 1.807) is 11.9 Å². The minimum Gasteiger partial charge on any atom is -0.384 e. The number of hydrogen-bond acceptors (Lipinski definition) is 3. The monoisotopic (exact) mass is 280 g/mol. The van der Waals surface area contributed by atoms with Crippen LogP contribution < -0.4 is 5.32 Å².